The van der Waals surface area contributed by atoms with Crippen LogP contribution in [0.5, 0.6) is 0 Å². The van der Waals surface area contributed by atoms with Gasteiger partial charge in [-0.2, -0.15) is 0 Å². The number of benzene rings is 1. The summed E-state index contributed by atoms with van der Waals surface area (Å²) in [5.74, 6) is -1.29. The lowest BCUT2D eigenvalue weighted by Gasteiger charge is -2.02. The van der Waals surface area contributed by atoms with Crippen molar-refractivity contribution in [2.24, 2.45) is 0 Å². The summed E-state index contributed by atoms with van der Waals surface area (Å²) in [6, 6.07) is 6.45. The third-order valence-corrected chi connectivity index (χ3v) is 4.47. The van der Waals surface area contributed by atoms with Crippen LogP contribution in [0.4, 0.5) is 4.39 Å². The molecule has 0 spiro atoms. The van der Waals surface area contributed by atoms with E-state index in [-0.39, 0.29) is 12.2 Å². The molecule has 0 fully saturated rings. The predicted octanol–water partition coefficient (Wildman–Crippen LogP) is 4.28. The number of hydrogen-bond acceptors (Lipinski definition) is 2. The number of carbonyl (C=O) groups is 1. The Hall–Kier alpha value is -2.14. The van der Waals surface area contributed by atoms with E-state index >= 15 is 0 Å². The third kappa shape index (κ3) is 2.45. The van der Waals surface area contributed by atoms with Crippen LogP contribution in [0.2, 0.25) is 0 Å². The molecule has 3 rings (SSSR count). The Labute approximate surface area is 125 Å². The second-order valence-corrected chi connectivity index (χ2v) is 6.53. The average molecular weight is 303 g/mol. The van der Waals surface area contributed by atoms with Gasteiger partial charge in [0.2, 0.25) is 0 Å². The minimum Gasteiger partial charge on any atom is -0.481 e. The molecule has 5 heteroatoms. The first kappa shape index (κ1) is 13.8. The normalized spacial score (nSPS) is 11.2. The molecule has 0 amide bonds. The molecule has 0 atom stereocenters. The van der Waals surface area contributed by atoms with E-state index in [2.05, 4.69) is 4.98 Å². The third-order valence-electron chi connectivity index (χ3n) is 3.51. The van der Waals surface area contributed by atoms with E-state index in [1.54, 1.807) is 17.4 Å². The number of aromatic amines is 1. The topological polar surface area (TPSA) is 53.1 Å². The maximum absolute atomic E-state index is 13.5. The molecule has 0 saturated heterocycles. The molecule has 108 valence electrons. The zero-order chi connectivity index (χ0) is 15.1. The molecule has 1 aromatic carbocycles. The zero-order valence-electron chi connectivity index (χ0n) is 11.7. The lowest BCUT2D eigenvalue weighted by molar-refractivity contribution is -0.136. The van der Waals surface area contributed by atoms with Crippen LogP contribution in [0.1, 0.15) is 15.3 Å². The molecule has 0 bridgehead atoms. The Bertz CT molecular complexity index is 847. The van der Waals surface area contributed by atoms with E-state index in [1.807, 2.05) is 19.9 Å². The van der Waals surface area contributed by atoms with Gasteiger partial charge in [-0.15, -0.1) is 11.3 Å². The molecular weight excluding hydrogens is 289 g/mol. The van der Waals surface area contributed by atoms with Gasteiger partial charge < -0.3 is 10.1 Å². The molecule has 0 aliphatic rings. The van der Waals surface area contributed by atoms with Crippen LogP contribution in [-0.2, 0) is 11.2 Å². The van der Waals surface area contributed by atoms with Crippen LogP contribution < -0.4 is 0 Å². The van der Waals surface area contributed by atoms with Gasteiger partial charge in [0.15, 0.2) is 0 Å². The van der Waals surface area contributed by atoms with Crippen molar-refractivity contribution in [3.63, 3.8) is 0 Å². The van der Waals surface area contributed by atoms with E-state index in [1.165, 1.54) is 12.1 Å². The molecule has 0 saturated carbocycles. The Morgan fingerprint density at radius 1 is 1.33 bits per heavy atom. The van der Waals surface area contributed by atoms with Crippen LogP contribution in [0.25, 0.3) is 22.2 Å². The second kappa shape index (κ2) is 5.00. The van der Waals surface area contributed by atoms with Crippen molar-refractivity contribution < 1.29 is 14.3 Å². The van der Waals surface area contributed by atoms with Crippen LogP contribution in [-0.4, -0.2) is 16.1 Å². The van der Waals surface area contributed by atoms with Crippen LogP contribution in [0.15, 0.2) is 24.3 Å². The van der Waals surface area contributed by atoms with Crippen molar-refractivity contribution in [2.75, 3.05) is 0 Å². The Morgan fingerprint density at radius 3 is 2.71 bits per heavy atom. The maximum Gasteiger partial charge on any atom is 0.307 e. The summed E-state index contributed by atoms with van der Waals surface area (Å²) in [4.78, 5) is 16.7. The SMILES string of the molecule is Cc1cc(-c2[nH]c3ccc(F)cc3c2CC(=O)O)c(C)s1. The summed E-state index contributed by atoms with van der Waals surface area (Å²) in [5.41, 5.74) is 3.16. The zero-order valence-corrected chi connectivity index (χ0v) is 12.5. The molecule has 3 aromatic rings. The number of H-pyrrole nitrogens is 1. The van der Waals surface area contributed by atoms with Gasteiger partial charge in [0, 0.05) is 26.2 Å². The molecule has 2 N–H and O–H groups in total. The molecule has 0 aliphatic heterocycles. The highest BCUT2D eigenvalue weighted by molar-refractivity contribution is 7.12. The van der Waals surface area contributed by atoms with E-state index in [9.17, 15) is 9.18 Å². The summed E-state index contributed by atoms with van der Waals surface area (Å²) in [6.45, 7) is 4.02. The second-order valence-electron chi connectivity index (χ2n) is 5.07. The van der Waals surface area contributed by atoms with E-state index in [0.29, 0.717) is 10.9 Å². The smallest absolute Gasteiger partial charge is 0.307 e. The van der Waals surface area contributed by atoms with Gasteiger partial charge >= 0.3 is 5.97 Å². The average Bonchev–Trinajstić information content (AvgIpc) is 2.90. The first-order valence-corrected chi connectivity index (χ1v) is 7.36. The van der Waals surface area contributed by atoms with Crippen molar-refractivity contribution in [2.45, 2.75) is 20.3 Å². The lowest BCUT2D eigenvalue weighted by Crippen LogP contribution is -2.01. The van der Waals surface area contributed by atoms with E-state index in [0.717, 1.165) is 26.5 Å². The number of rotatable bonds is 3. The molecule has 2 aromatic heterocycles. The summed E-state index contributed by atoms with van der Waals surface area (Å²) >= 11 is 1.66. The number of aryl methyl sites for hydroxylation is 2. The molecule has 0 aliphatic carbocycles. The van der Waals surface area contributed by atoms with Gasteiger partial charge in [-0.25, -0.2) is 4.39 Å². The van der Waals surface area contributed by atoms with E-state index < -0.39 is 5.97 Å². The standard InChI is InChI=1S/C16H14FNO2S/c1-8-5-11(9(2)21-8)16-13(7-15(19)20)12-6-10(17)3-4-14(12)18-16/h3-6,18H,7H2,1-2H3,(H,19,20). The lowest BCUT2D eigenvalue weighted by atomic mass is 10.0. The van der Waals surface area contributed by atoms with Gasteiger partial charge in [0.1, 0.15) is 5.82 Å². The van der Waals surface area contributed by atoms with Gasteiger partial charge in [-0.3, -0.25) is 4.79 Å². The number of aromatic nitrogens is 1. The largest absolute Gasteiger partial charge is 0.481 e. The monoisotopic (exact) mass is 303 g/mol. The Balaban J connectivity index is 2.30. The van der Waals surface area contributed by atoms with Crippen molar-refractivity contribution in [1.29, 1.82) is 0 Å². The minimum absolute atomic E-state index is 0.132. The predicted molar refractivity (Wildman–Crippen MR) is 82.4 cm³/mol. The molecule has 0 radical (unpaired) electrons. The van der Waals surface area contributed by atoms with E-state index in [4.69, 9.17) is 5.11 Å². The van der Waals surface area contributed by atoms with Crippen LogP contribution >= 0.6 is 11.3 Å². The van der Waals surface area contributed by atoms with Gasteiger partial charge in [0.25, 0.3) is 0 Å². The fourth-order valence-electron chi connectivity index (χ4n) is 2.66. The highest BCUT2D eigenvalue weighted by atomic mass is 32.1. The van der Waals surface area contributed by atoms with Crippen molar-refractivity contribution in [1.82, 2.24) is 4.98 Å². The first-order valence-electron chi connectivity index (χ1n) is 6.55. The summed E-state index contributed by atoms with van der Waals surface area (Å²) < 4.78 is 13.5. The highest BCUT2D eigenvalue weighted by Crippen LogP contribution is 2.36. The van der Waals surface area contributed by atoms with Gasteiger partial charge in [-0.1, -0.05) is 0 Å². The minimum atomic E-state index is -0.925. The summed E-state index contributed by atoms with van der Waals surface area (Å²) in [6.07, 6.45) is -0.132. The highest BCUT2D eigenvalue weighted by Gasteiger charge is 2.18. The first-order chi connectivity index (χ1) is 9.95. The number of nitrogens with one attached hydrogen (secondary N) is 1. The molecule has 0 unspecified atom stereocenters. The van der Waals surface area contributed by atoms with Gasteiger partial charge in [0.05, 0.1) is 12.1 Å². The quantitative estimate of drug-likeness (QED) is 0.759. The summed E-state index contributed by atoms with van der Waals surface area (Å²) in [7, 11) is 0. The summed E-state index contributed by atoms with van der Waals surface area (Å²) in [5, 5.41) is 9.79. The molecular formula is C16H14FNO2S. The fourth-order valence-corrected chi connectivity index (χ4v) is 3.59. The van der Waals surface area contributed by atoms with Crippen LogP contribution in [0, 0.1) is 19.7 Å². The number of fused-ring (bicyclic) bond motifs is 1. The maximum atomic E-state index is 13.5. The fraction of sp³-hybridized carbons (Fsp3) is 0.188. The van der Waals surface area contributed by atoms with Crippen molar-refractivity contribution >= 4 is 28.2 Å². The van der Waals surface area contributed by atoms with Crippen molar-refractivity contribution in [3.8, 4) is 11.3 Å². The van der Waals surface area contributed by atoms with Gasteiger partial charge in [-0.05, 0) is 43.7 Å². The van der Waals surface area contributed by atoms with Crippen LogP contribution in [0.3, 0.4) is 0 Å². The molecule has 3 nitrogen and oxygen atoms in total. The van der Waals surface area contributed by atoms with Crippen molar-refractivity contribution in [3.05, 3.63) is 45.4 Å². The molecule has 21 heavy (non-hydrogen) atoms. The number of aliphatic carboxylic acids is 1. The number of carboxylic acids is 1. The number of thiophene rings is 1. The Kier molecular flexibility index (Phi) is 3.29. The number of hydrogen-bond donors (Lipinski definition) is 2. The number of carboxylic acid groups (broad SMARTS) is 1. The Morgan fingerprint density at radius 2 is 2.10 bits per heavy atom. The number of halogens is 1. The molecule has 2 heterocycles.